The molecule has 2 N–H and O–H groups in total. The molecule has 0 radical (unpaired) electrons. The van der Waals surface area contributed by atoms with E-state index in [0.29, 0.717) is 30.0 Å². The van der Waals surface area contributed by atoms with Crippen LogP contribution in [-0.4, -0.2) is 106 Å². The van der Waals surface area contributed by atoms with E-state index in [1.807, 2.05) is 12.1 Å². The van der Waals surface area contributed by atoms with Crippen molar-refractivity contribution in [1.82, 2.24) is 30.0 Å². The number of hydrogen-bond acceptors (Lipinski definition) is 11. The summed E-state index contributed by atoms with van der Waals surface area (Å²) < 4.78 is 5.98. The number of piperazine rings is 1. The summed E-state index contributed by atoms with van der Waals surface area (Å²) in [7, 11) is 0. The lowest BCUT2D eigenvalue weighted by molar-refractivity contribution is -0.136. The number of nitrogens with one attached hydrogen (secondary N) is 2. The molecule has 3 aromatic rings. The van der Waals surface area contributed by atoms with Gasteiger partial charge in [0.25, 0.3) is 11.8 Å². The Labute approximate surface area is 271 Å². The van der Waals surface area contributed by atoms with Crippen molar-refractivity contribution in [2.24, 2.45) is 0 Å². The van der Waals surface area contributed by atoms with E-state index in [0.717, 1.165) is 80.0 Å². The second kappa shape index (κ2) is 13.1. The minimum Gasteiger partial charge on any atom is -0.492 e. The number of imide groups is 2. The van der Waals surface area contributed by atoms with Gasteiger partial charge in [0.2, 0.25) is 11.8 Å². The molecular formula is C34H36N8O5. The minimum absolute atomic E-state index is 0.0834. The molecule has 1 unspecified atom stereocenters. The number of benzene rings is 2. The van der Waals surface area contributed by atoms with Crippen LogP contribution >= 0.6 is 0 Å². The lowest BCUT2D eigenvalue weighted by atomic mass is 9.89. The molecule has 1 saturated carbocycles. The van der Waals surface area contributed by atoms with Gasteiger partial charge in [-0.1, -0.05) is 0 Å². The molecule has 13 heteroatoms. The molecule has 1 aromatic heterocycles. The van der Waals surface area contributed by atoms with Crippen molar-refractivity contribution in [2.75, 3.05) is 44.6 Å². The van der Waals surface area contributed by atoms with Crippen molar-refractivity contribution in [3.8, 4) is 11.8 Å². The van der Waals surface area contributed by atoms with Gasteiger partial charge >= 0.3 is 0 Å². The summed E-state index contributed by atoms with van der Waals surface area (Å²) >= 11 is 0. The first-order valence-electron chi connectivity index (χ1n) is 16.2. The van der Waals surface area contributed by atoms with Gasteiger partial charge in [0.05, 0.1) is 28.3 Å². The third kappa shape index (κ3) is 6.26. The molecule has 2 saturated heterocycles. The second-order valence-electron chi connectivity index (χ2n) is 12.6. The normalized spacial score (nSPS) is 23.8. The summed E-state index contributed by atoms with van der Waals surface area (Å²) in [6, 6.07) is 12.4. The van der Waals surface area contributed by atoms with Crippen LogP contribution in [0, 0.1) is 11.3 Å². The van der Waals surface area contributed by atoms with Crippen LogP contribution in [0.2, 0.25) is 0 Å². The fourth-order valence-corrected chi connectivity index (χ4v) is 7.20. The van der Waals surface area contributed by atoms with E-state index in [1.54, 1.807) is 30.6 Å². The quantitative estimate of drug-likeness (QED) is 0.349. The molecule has 0 bridgehead atoms. The van der Waals surface area contributed by atoms with E-state index in [2.05, 4.69) is 36.5 Å². The highest BCUT2D eigenvalue weighted by atomic mass is 16.5. The molecule has 1 aliphatic carbocycles. The fourth-order valence-electron chi connectivity index (χ4n) is 7.20. The first kappa shape index (κ1) is 30.7. The maximum atomic E-state index is 13.1. The number of aromatic nitrogens is 2. The van der Waals surface area contributed by atoms with Gasteiger partial charge in [-0.3, -0.25) is 39.2 Å². The largest absolute Gasteiger partial charge is 0.492 e. The molecule has 4 amide bonds. The topological polar surface area (TPSA) is 161 Å². The van der Waals surface area contributed by atoms with Crippen LogP contribution < -0.4 is 15.4 Å². The molecule has 4 heterocycles. The fraction of sp³-hybridized carbons (Fsp3) is 0.441. The molecule has 0 spiro atoms. The number of rotatable bonds is 8. The van der Waals surface area contributed by atoms with Crippen LogP contribution in [0.3, 0.4) is 0 Å². The molecule has 1 atom stereocenters. The smallest absolute Gasteiger partial charge is 0.262 e. The zero-order valence-electron chi connectivity index (χ0n) is 26.0. The average molecular weight is 637 g/mol. The Morgan fingerprint density at radius 1 is 0.915 bits per heavy atom. The zero-order chi connectivity index (χ0) is 32.5. The van der Waals surface area contributed by atoms with Crippen molar-refractivity contribution >= 4 is 40.3 Å². The van der Waals surface area contributed by atoms with E-state index in [-0.39, 0.29) is 24.0 Å². The first-order valence-corrected chi connectivity index (χ1v) is 16.2. The number of fused-ring (bicyclic) bond motifs is 2. The number of ether oxygens (including phenoxy) is 1. The summed E-state index contributed by atoms with van der Waals surface area (Å²) in [6.45, 7) is 5.10. The predicted molar refractivity (Wildman–Crippen MR) is 171 cm³/mol. The summed E-state index contributed by atoms with van der Waals surface area (Å²) in [4.78, 5) is 64.6. The number of nitrogens with zero attached hydrogens (tertiary/aromatic N) is 6. The van der Waals surface area contributed by atoms with Gasteiger partial charge in [0.15, 0.2) is 0 Å². The summed E-state index contributed by atoms with van der Waals surface area (Å²) in [5, 5.41) is 16.0. The van der Waals surface area contributed by atoms with Gasteiger partial charge in [-0.15, -0.1) is 0 Å². The van der Waals surface area contributed by atoms with E-state index in [1.165, 1.54) is 0 Å². The Morgan fingerprint density at radius 3 is 2.47 bits per heavy atom. The molecular weight excluding hydrogens is 600 g/mol. The lowest BCUT2D eigenvalue weighted by Gasteiger charge is -2.42. The third-order valence-corrected chi connectivity index (χ3v) is 9.81. The Bertz CT molecular complexity index is 1770. The second-order valence-corrected chi connectivity index (χ2v) is 12.6. The summed E-state index contributed by atoms with van der Waals surface area (Å²) in [5.41, 5.74) is 1.89. The maximum absolute atomic E-state index is 13.1. The summed E-state index contributed by atoms with van der Waals surface area (Å²) in [6.07, 6.45) is 6.13. The molecule has 47 heavy (non-hydrogen) atoms. The molecule has 3 fully saturated rings. The van der Waals surface area contributed by atoms with E-state index >= 15 is 0 Å². The van der Waals surface area contributed by atoms with Gasteiger partial charge in [0, 0.05) is 56.6 Å². The zero-order valence-corrected chi connectivity index (χ0v) is 26.0. The van der Waals surface area contributed by atoms with Crippen LogP contribution in [0.15, 0.2) is 42.7 Å². The highest BCUT2D eigenvalue weighted by molar-refractivity contribution is 6.23. The van der Waals surface area contributed by atoms with Crippen LogP contribution in [-0.2, 0) is 9.59 Å². The molecule has 2 aromatic carbocycles. The number of carbonyl (C=O) groups is 4. The molecule has 4 aliphatic rings. The number of hydrogen-bond donors (Lipinski definition) is 2. The van der Waals surface area contributed by atoms with Gasteiger partial charge in [-0.25, -0.2) is 9.97 Å². The monoisotopic (exact) mass is 636 g/mol. The van der Waals surface area contributed by atoms with Gasteiger partial charge in [0.1, 0.15) is 30.5 Å². The molecule has 7 rings (SSSR count). The van der Waals surface area contributed by atoms with Crippen LogP contribution in [0.1, 0.15) is 64.8 Å². The molecule has 13 nitrogen and oxygen atoms in total. The van der Waals surface area contributed by atoms with Crippen molar-refractivity contribution in [3.05, 3.63) is 59.4 Å². The van der Waals surface area contributed by atoms with Crippen molar-refractivity contribution in [3.63, 3.8) is 0 Å². The minimum atomic E-state index is -0.987. The van der Waals surface area contributed by atoms with Gasteiger partial charge in [-0.2, -0.15) is 5.26 Å². The predicted octanol–water partition coefficient (Wildman–Crippen LogP) is 2.32. The Balaban J connectivity index is 0.853. The maximum Gasteiger partial charge on any atom is 0.262 e. The third-order valence-electron chi connectivity index (χ3n) is 9.81. The Kier molecular flexibility index (Phi) is 8.53. The first-order chi connectivity index (χ1) is 22.9. The number of amides is 4. The van der Waals surface area contributed by atoms with E-state index in [4.69, 9.17) is 4.74 Å². The van der Waals surface area contributed by atoms with E-state index in [9.17, 15) is 24.4 Å². The number of anilines is 1. The van der Waals surface area contributed by atoms with Crippen LogP contribution in [0.25, 0.3) is 10.9 Å². The highest BCUT2D eigenvalue weighted by Crippen LogP contribution is 2.31. The standard InChI is InChI=1S/C34H36N8O5/c35-19-21-1-8-28-27(17-21)31(37-20-36-28)38-22-2-4-23(5-3-22)41-13-11-40(12-14-41)15-16-47-24-6-7-25-26(18-24)34(46)42(33(25)45)29-9-10-30(43)39-32(29)44/h1,6-8,17-18,20,22-23,29H,2-5,9-16H2,(H,36,37,38)(H,39,43,44). The average Bonchev–Trinajstić information content (AvgIpc) is 3.33. The number of carbonyl (C=O) groups excluding carboxylic acids is 4. The van der Waals surface area contributed by atoms with Crippen LogP contribution in [0.4, 0.5) is 5.82 Å². The lowest BCUT2D eigenvalue weighted by Crippen LogP contribution is -2.54. The number of nitriles is 1. The van der Waals surface area contributed by atoms with Crippen LogP contribution in [0.5, 0.6) is 5.75 Å². The van der Waals surface area contributed by atoms with Gasteiger partial charge < -0.3 is 10.1 Å². The summed E-state index contributed by atoms with van der Waals surface area (Å²) in [5.74, 6) is -0.797. The molecule has 242 valence electrons. The highest BCUT2D eigenvalue weighted by Gasteiger charge is 2.44. The van der Waals surface area contributed by atoms with Gasteiger partial charge in [-0.05, 0) is 68.5 Å². The van der Waals surface area contributed by atoms with Crippen molar-refractivity contribution < 1.29 is 23.9 Å². The van der Waals surface area contributed by atoms with Crippen molar-refractivity contribution in [2.45, 2.75) is 56.7 Å². The number of piperidine rings is 1. The van der Waals surface area contributed by atoms with E-state index < -0.39 is 29.7 Å². The molecule has 3 aliphatic heterocycles. The van der Waals surface area contributed by atoms with Crippen molar-refractivity contribution in [1.29, 1.82) is 5.26 Å². The SMILES string of the molecule is N#Cc1ccc2ncnc(NC3CCC(N4CCN(CCOc5ccc6c(c5)C(=O)N(C5CCC(=O)NC5=O)C6=O)CC4)CC3)c2c1. The Hall–Kier alpha value is -4.93. The Morgan fingerprint density at radius 2 is 1.70 bits per heavy atom.